The van der Waals surface area contributed by atoms with Crippen molar-refractivity contribution in [2.45, 2.75) is 6.18 Å². The van der Waals surface area contributed by atoms with E-state index in [-0.39, 0.29) is 11.4 Å². The number of hydrogen-bond acceptors (Lipinski definition) is 3. The second-order valence-corrected chi connectivity index (χ2v) is 4.84. The van der Waals surface area contributed by atoms with Gasteiger partial charge in [0.05, 0.1) is 22.6 Å². The van der Waals surface area contributed by atoms with Gasteiger partial charge in [0.1, 0.15) is 0 Å². The van der Waals surface area contributed by atoms with Gasteiger partial charge >= 0.3 is 6.18 Å². The Balaban J connectivity index is 2.46. The monoisotopic (exact) mass is 295 g/mol. The van der Waals surface area contributed by atoms with Crippen molar-refractivity contribution in [2.24, 2.45) is 0 Å². The lowest BCUT2D eigenvalue weighted by Crippen LogP contribution is -2.13. The fourth-order valence-corrected chi connectivity index (χ4v) is 2.02. The quantitative estimate of drug-likeness (QED) is 0.838. The molecule has 112 valence electrons. The molecule has 0 heterocycles. The largest absolute Gasteiger partial charge is 0.418 e. The number of halogens is 3. The van der Waals surface area contributed by atoms with Crippen molar-refractivity contribution in [3.05, 3.63) is 48.0 Å². The molecule has 0 aromatic heterocycles. The van der Waals surface area contributed by atoms with Crippen LogP contribution in [0.4, 0.5) is 35.9 Å². The number of hydrogen-bond donors (Lipinski definition) is 2. The van der Waals surface area contributed by atoms with Gasteiger partial charge in [-0.3, -0.25) is 0 Å². The minimum Gasteiger partial charge on any atom is -0.399 e. The summed E-state index contributed by atoms with van der Waals surface area (Å²) in [6, 6.07) is 10.9. The van der Waals surface area contributed by atoms with Gasteiger partial charge in [-0.25, -0.2) is 0 Å². The van der Waals surface area contributed by atoms with E-state index in [1.54, 1.807) is 12.1 Å². The topological polar surface area (TPSA) is 41.3 Å². The van der Waals surface area contributed by atoms with Crippen molar-refractivity contribution in [1.82, 2.24) is 0 Å². The number of rotatable bonds is 3. The maximum absolute atomic E-state index is 13.1. The molecule has 0 saturated carbocycles. The number of benzene rings is 2. The Bertz CT molecular complexity index is 636. The normalized spacial score (nSPS) is 11.3. The summed E-state index contributed by atoms with van der Waals surface area (Å²) in [7, 11) is 3.66. The molecule has 0 fully saturated rings. The molecule has 0 unspecified atom stereocenters. The van der Waals surface area contributed by atoms with Crippen LogP contribution in [-0.2, 0) is 6.18 Å². The number of nitrogens with zero attached hydrogens (tertiary/aromatic N) is 1. The Morgan fingerprint density at radius 1 is 1.00 bits per heavy atom. The summed E-state index contributed by atoms with van der Waals surface area (Å²) in [5.74, 6) is 0. The van der Waals surface area contributed by atoms with Crippen LogP contribution in [0.15, 0.2) is 42.5 Å². The van der Waals surface area contributed by atoms with Gasteiger partial charge < -0.3 is 16.0 Å². The fourth-order valence-electron chi connectivity index (χ4n) is 2.02. The Hall–Kier alpha value is -2.37. The van der Waals surface area contributed by atoms with Crippen molar-refractivity contribution in [3.63, 3.8) is 0 Å². The zero-order valence-corrected chi connectivity index (χ0v) is 11.7. The minimum absolute atomic E-state index is 0.0222. The van der Waals surface area contributed by atoms with E-state index in [0.717, 1.165) is 11.8 Å². The highest BCUT2D eigenvalue weighted by molar-refractivity contribution is 5.77. The highest BCUT2D eigenvalue weighted by Crippen LogP contribution is 2.38. The van der Waals surface area contributed by atoms with Crippen LogP contribution in [0.1, 0.15) is 5.56 Å². The van der Waals surface area contributed by atoms with Gasteiger partial charge in [-0.1, -0.05) is 12.1 Å². The zero-order valence-electron chi connectivity index (χ0n) is 11.7. The van der Waals surface area contributed by atoms with Gasteiger partial charge in [-0.15, -0.1) is 0 Å². The molecule has 0 bridgehead atoms. The molecule has 21 heavy (non-hydrogen) atoms. The van der Waals surface area contributed by atoms with E-state index in [2.05, 4.69) is 5.32 Å². The number of anilines is 4. The maximum Gasteiger partial charge on any atom is 0.418 e. The first-order valence-electron chi connectivity index (χ1n) is 6.29. The van der Waals surface area contributed by atoms with Crippen LogP contribution in [-0.4, -0.2) is 14.1 Å². The third kappa shape index (κ3) is 3.39. The molecular weight excluding hydrogens is 279 g/mol. The molecule has 2 rings (SSSR count). The molecule has 0 spiro atoms. The SMILES string of the molecule is CN(C)c1ccccc1Nc1ccc(N)cc1C(F)(F)F. The second kappa shape index (κ2) is 5.55. The first-order chi connectivity index (χ1) is 9.79. The highest BCUT2D eigenvalue weighted by atomic mass is 19.4. The van der Waals surface area contributed by atoms with Crippen LogP contribution in [0.5, 0.6) is 0 Å². The minimum atomic E-state index is -4.47. The molecule has 0 aliphatic heterocycles. The van der Waals surface area contributed by atoms with E-state index in [1.165, 1.54) is 12.1 Å². The maximum atomic E-state index is 13.1. The molecule has 3 nitrogen and oxygen atoms in total. The van der Waals surface area contributed by atoms with Crippen molar-refractivity contribution >= 4 is 22.7 Å². The second-order valence-electron chi connectivity index (χ2n) is 4.84. The van der Waals surface area contributed by atoms with E-state index in [9.17, 15) is 13.2 Å². The van der Waals surface area contributed by atoms with E-state index in [0.29, 0.717) is 5.69 Å². The Kier molecular flexibility index (Phi) is 3.97. The molecule has 2 aromatic rings. The Labute approximate surface area is 121 Å². The zero-order chi connectivity index (χ0) is 15.6. The molecule has 6 heteroatoms. The number of nitrogens with one attached hydrogen (secondary N) is 1. The molecule has 0 radical (unpaired) electrons. The molecule has 0 amide bonds. The van der Waals surface area contributed by atoms with Gasteiger partial charge in [0.25, 0.3) is 0 Å². The van der Waals surface area contributed by atoms with E-state index in [1.807, 2.05) is 31.1 Å². The number of para-hydroxylation sites is 2. The smallest absolute Gasteiger partial charge is 0.399 e. The van der Waals surface area contributed by atoms with Crippen LogP contribution in [0.2, 0.25) is 0 Å². The summed E-state index contributed by atoms with van der Waals surface area (Å²) in [6.07, 6.45) is -4.47. The van der Waals surface area contributed by atoms with Gasteiger partial charge in [-0.05, 0) is 30.3 Å². The third-order valence-corrected chi connectivity index (χ3v) is 3.00. The first-order valence-corrected chi connectivity index (χ1v) is 6.29. The molecule has 0 atom stereocenters. The van der Waals surface area contributed by atoms with Gasteiger partial charge in [-0.2, -0.15) is 13.2 Å². The summed E-state index contributed by atoms with van der Waals surface area (Å²) in [5, 5.41) is 2.84. The van der Waals surface area contributed by atoms with Crippen molar-refractivity contribution in [1.29, 1.82) is 0 Å². The first kappa shape index (κ1) is 15.0. The number of alkyl halides is 3. The van der Waals surface area contributed by atoms with E-state index >= 15 is 0 Å². The number of nitrogen functional groups attached to an aromatic ring is 1. The van der Waals surface area contributed by atoms with Crippen molar-refractivity contribution in [2.75, 3.05) is 30.0 Å². The molecule has 0 saturated heterocycles. The van der Waals surface area contributed by atoms with Gasteiger partial charge in [0.15, 0.2) is 0 Å². The van der Waals surface area contributed by atoms with Crippen molar-refractivity contribution in [3.8, 4) is 0 Å². The lowest BCUT2D eigenvalue weighted by atomic mass is 10.1. The summed E-state index contributed by atoms with van der Waals surface area (Å²) < 4.78 is 39.3. The average Bonchev–Trinajstić information content (AvgIpc) is 2.40. The van der Waals surface area contributed by atoms with Crippen LogP contribution < -0.4 is 16.0 Å². The molecular formula is C15H16F3N3. The Morgan fingerprint density at radius 3 is 2.29 bits per heavy atom. The number of nitrogens with two attached hydrogens (primary N) is 1. The molecule has 3 N–H and O–H groups in total. The summed E-state index contributed by atoms with van der Waals surface area (Å²) in [5.41, 5.74) is 6.12. The summed E-state index contributed by atoms with van der Waals surface area (Å²) >= 11 is 0. The lowest BCUT2D eigenvalue weighted by Gasteiger charge is -2.20. The van der Waals surface area contributed by atoms with Crippen LogP contribution in [0, 0.1) is 0 Å². The van der Waals surface area contributed by atoms with E-state index < -0.39 is 11.7 Å². The van der Waals surface area contributed by atoms with Crippen molar-refractivity contribution < 1.29 is 13.2 Å². The molecule has 0 aliphatic carbocycles. The third-order valence-electron chi connectivity index (χ3n) is 3.00. The molecule has 0 aliphatic rings. The average molecular weight is 295 g/mol. The van der Waals surface area contributed by atoms with Crippen LogP contribution >= 0.6 is 0 Å². The Morgan fingerprint density at radius 2 is 1.67 bits per heavy atom. The predicted octanol–water partition coefficient (Wildman–Crippen LogP) is 4.10. The molecule has 2 aromatic carbocycles. The van der Waals surface area contributed by atoms with Crippen LogP contribution in [0.25, 0.3) is 0 Å². The van der Waals surface area contributed by atoms with Gasteiger partial charge in [0.2, 0.25) is 0 Å². The summed E-state index contributed by atoms with van der Waals surface area (Å²) in [6.45, 7) is 0. The predicted molar refractivity (Wildman–Crippen MR) is 79.9 cm³/mol. The van der Waals surface area contributed by atoms with Gasteiger partial charge in [0, 0.05) is 19.8 Å². The highest BCUT2D eigenvalue weighted by Gasteiger charge is 2.33. The fraction of sp³-hybridized carbons (Fsp3) is 0.200. The van der Waals surface area contributed by atoms with E-state index in [4.69, 9.17) is 5.73 Å². The lowest BCUT2D eigenvalue weighted by molar-refractivity contribution is -0.136. The summed E-state index contributed by atoms with van der Waals surface area (Å²) in [4.78, 5) is 1.83. The standard InChI is InChI=1S/C15H16F3N3/c1-21(2)14-6-4-3-5-13(14)20-12-8-7-10(19)9-11(12)15(16,17)18/h3-9,20H,19H2,1-2H3. The van der Waals surface area contributed by atoms with Crippen LogP contribution in [0.3, 0.4) is 0 Å².